The van der Waals surface area contributed by atoms with E-state index in [0.29, 0.717) is 4.90 Å². The van der Waals surface area contributed by atoms with Gasteiger partial charge < -0.3 is 15.1 Å². The number of halogens is 3. The molecule has 0 aromatic rings. The highest BCUT2D eigenvalue weighted by molar-refractivity contribution is 5.85. The van der Waals surface area contributed by atoms with Gasteiger partial charge in [0.1, 0.15) is 13.1 Å². The Morgan fingerprint density at radius 2 is 1.79 bits per heavy atom. The minimum atomic E-state index is -4.51. The average Bonchev–Trinajstić information content (AvgIpc) is 3.06. The van der Waals surface area contributed by atoms with Crippen LogP contribution in [0.2, 0.25) is 0 Å². The van der Waals surface area contributed by atoms with Crippen LogP contribution in [-0.4, -0.2) is 67.6 Å². The molecule has 2 amide bonds. The number of hydrogen-bond acceptors (Lipinski definition) is 3. The van der Waals surface area contributed by atoms with Gasteiger partial charge in [0, 0.05) is 20.1 Å². The van der Waals surface area contributed by atoms with Crippen LogP contribution in [-0.2, 0) is 9.59 Å². The SMILES string of the molecule is CN(C)C(=O)CN(CC(F)(F)F)C(=O)CNC1CC1. The molecule has 1 N–H and O–H groups in total. The zero-order valence-corrected chi connectivity index (χ0v) is 11.0. The third kappa shape index (κ3) is 6.42. The lowest BCUT2D eigenvalue weighted by Crippen LogP contribution is -2.47. The summed E-state index contributed by atoms with van der Waals surface area (Å²) in [4.78, 5) is 24.8. The van der Waals surface area contributed by atoms with Crippen molar-refractivity contribution < 1.29 is 22.8 Å². The molecule has 1 rings (SSSR count). The number of likely N-dealkylation sites (N-methyl/N-ethyl adjacent to an activating group) is 1. The number of hydrogen-bond donors (Lipinski definition) is 1. The minimum Gasteiger partial charge on any atom is -0.347 e. The fourth-order valence-electron chi connectivity index (χ4n) is 1.38. The molecule has 0 radical (unpaired) electrons. The van der Waals surface area contributed by atoms with Crippen molar-refractivity contribution in [2.45, 2.75) is 25.1 Å². The molecule has 0 heterocycles. The maximum Gasteiger partial charge on any atom is 0.406 e. The third-order valence-electron chi connectivity index (χ3n) is 2.67. The summed E-state index contributed by atoms with van der Waals surface area (Å²) in [5.41, 5.74) is 0. The number of nitrogens with zero attached hydrogens (tertiary/aromatic N) is 2. The van der Waals surface area contributed by atoms with Gasteiger partial charge in [0.15, 0.2) is 0 Å². The molecule has 0 aromatic heterocycles. The van der Waals surface area contributed by atoms with Crippen LogP contribution in [0.15, 0.2) is 0 Å². The van der Waals surface area contributed by atoms with Crippen molar-refractivity contribution in [1.29, 1.82) is 0 Å². The lowest BCUT2D eigenvalue weighted by molar-refractivity contribution is -0.163. The molecule has 8 heteroatoms. The maximum absolute atomic E-state index is 12.4. The maximum atomic E-state index is 12.4. The molecule has 1 aliphatic carbocycles. The van der Waals surface area contributed by atoms with E-state index in [1.54, 1.807) is 0 Å². The van der Waals surface area contributed by atoms with E-state index in [9.17, 15) is 22.8 Å². The molecule has 0 aliphatic heterocycles. The highest BCUT2D eigenvalue weighted by atomic mass is 19.4. The summed E-state index contributed by atoms with van der Waals surface area (Å²) in [6.45, 7) is -2.13. The molecule has 0 spiro atoms. The molecule has 0 unspecified atom stereocenters. The first-order valence-electron chi connectivity index (χ1n) is 5.97. The van der Waals surface area contributed by atoms with E-state index in [2.05, 4.69) is 5.32 Å². The van der Waals surface area contributed by atoms with Crippen LogP contribution in [0.5, 0.6) is 0 Å². The van der Waals surface area contributed by atoms with Crippen molar-refractivity contribution in [2.75, 3.05) is 33.7 Å². The average molecular weight is 281 g/mol. The van der Waals surface area contributed by atoms with Crippen LogP contribution in [0.25, 0.3) is 0 Å². The number of carbonyl (C=O) groups is 2. The van der Waals surface area contributed by atoms with Crippen molar-refractivity contribution in [1.82, 2.24) is 15.1 Å². The Hall–Kier alpha value is -1.31. The Bertz CT molecular complexity index is 341. The fraction of sp³-hybridized carbons (Fsp3) is 0.818. The van der Waals surface area contributed by atoms with Gasteiger partial charge in [-0.2, -0.15) is 13.2 Å². The number of carbonyl (C=O) groups excluding carboxylic acids is 2. The fourth-order valence-corrected chi connectivity index (χ4v) is 1.38. The van der Waals surface area contributed by atoms with Crippen LogP contribution in [0, 0.1) is 0 Å². The van der Waals surface area contributed by atoms with E-state index >= 15 is 0 Å². The first-order valence-corrected chi connectivity index (χ1v) is 5.97. The molecule has 19 heavy (non-hydrogen) atoms. The Balaban J connectivity index is 2.55. The second-order valence-electron chi connectivity index (χ2n) is 4.81. The van der Waals surface area contributed by atoms with Gasteiger partial charge in [-0.1, -0.05) is 0 Å². The van der Waals surface area contributed by atoms with Crippen LogP contribution in [0.1, 0.15) is 12.8 Å². The van der Waals surface area contributed by atoms with Crippen molar-refractivity contribution >= 4 is 11.8 Å². The Morgan fingerprint density at radius 1 is 1.21 bits per heavy atom. The zero-order chi connectivity index (χ0) is 14.6. The number of rotatable bonds is 6. The van der Waals surface area contributed by atoms with E-state index < -0.39 is 31.1 Å². The van der Waals surface area contributed by atoms with Gasteiger partial charge in [-0.3, -0.25) is 9.59 Å². The summed E-state index contributed by atoms with van der Waals surface area (Å²) in [7, 11) is 2.86. The molecule has 1 saturated carbocycles. The Labute approximate surface area is 109 Å². The smallest absolute Gasteiger partial charge is 0.347 e. The van der Waals surface area contributed by atoms with Crippen LogP contribution < -0.4 is 5.32 Å². The summed E-state index contributed by atoms with van der Waals surface area (Å²) >= 11 is 0. The van der Waals surface area contributed by atoms with Crippen LogP contribution in [0.3, 0.4) is 0 Å². The summed E-state index contributed by atoms with van der Waals surface area (Å²) < 4.78 is 37.2. The van der Waals surface area contributed by atoms with Gasteiger partial charge in [0.05, 0.1) is 6.54 Å². The standard InChI is InChI=1S/C11H18F3N3O2/c1-16(2)10(19)6-17(7-11(12,13)14)9(18)5-15-8-3-4-8/h8,15H,3-7H2,1-2H3. The molecule has 5 nitrogen and oxygen atoms in total. The normalized spacial score (nSPS) is 15.2. The molecular formula is C11H18F3N3O2. The lowest BCUT2D eigenvalue weighted by Gasteiger charge is -2.25. The van der Waals surface area contributed by atoms with Gasteiger partial charge >= 0.3 is 6.18 Å². The van der Waals surface area contributed by atoms with Gasteiger partial charge in [-0.05, 0) is 12.8 Å². The topological polar surface area (TPSA) is 52.7 Å². The highest BCUT2D eigenvalue weighted by Gasteiger charge is 2.34. The Kier molecular flexibility index (Phi) is 5.16. The molecule has 1 fully saturated rings. The quantitative estimate of drug-likeness (QED) is 0.757. The Morgan fingerprint density at radius 3 is 2.21 bits per heavy atom. The molecule has 0 bridgehead atoms. The van der Waals surface area contributed by atoms with Crippen LogP contribution in [0.4, 0.5) is 13.2 Å². The number of amides is 2. The zero-order valence-electron chi connectivity index (χ0n) is 11.0. The van der Waals surface area contributed by atoms with Gasteiger partial charge in [-0.25, -0.2) is 0 Å². The molecule has 0 saturated heterocycles. The predicted octanol–water partition coefficient (Wildman–Crippen LogP) is 0.217. The van der Waals surface area contributed by atoms with E-state index in [4.69, 9.17) is 0 Å². The summed E-state index contributed by atoms with van der Waals surface area (Å²) in [5.74, 6) is -1.25. The van der Waals surface area contributed by atoms with Crippen molar-refractivity contribution in [3.8, 4) is 0 Å². The highest BCUT2D eigenvalue weighted by Crippen LogP contribution is 2.19. The van der Waals surface area contributed by atoms with E-state index in [1.165, 1.54) is 14.1 Å². The lowest BCUT2D eigenvalue weighted by atomic mass is 10.4. The summed E-state index contributed by atoms with van der Waals surface area (Å²) in [6.07, 6.45) is -2.64. The summed E-state index contributed by atoms with van der Waals surface area (Å²) in [6, 6.07) is 0.223. The monoisotopic (exact) mass is 281 g/mol. The van der Waals surface area contributed by atoms with Crippen molar-refractivity contribution in [2.24, 2.45) is 0 Å². The molecule has 1 aliphatic rings. The molecular weight excluding hydrogens is 263 g/mol. The number of nitrogens with one attached hydrogen (secondary N) is 1. The van der Waals surface area contributed by atoms with Crippen LogP contribution >= 0.6 is 0 Å². The molecule has 0 atom stereocenters. The van der Waals surface area contributed by atoms with E-state index in [-0.39, 0.29) is 12.6 Å². The van der Waals surface area contributed by atoms with E-state index in [1.807, 2.05) is 0 Å². The number of alkyl halides is 3. The largest absolute Gasteiger partial charge is 0.406 e. The van der Waals surface area contributed by atoms with Crippen molar-refractivity contribution in [3.63, 3.8) is 0 Å². The van der Waals surface area contributed by atoms with E-state index in [0.717, 1.165) is 17.7 Å². The van der Waals surface area contributed by atoms with Gasteiger partial charge in [0.25, 0.3) is 0 Å². The molecule has 110 valence electrons. The third-order valence-corrected chi connectivity index (χ3v) is 2.67. The first kappa shape index (κ1) is 15.7. The molecule has 0 aromatic carbocycles. The summed E-state index contributed by atoms with van der Waals surface area (Å²) in [5, 5.41) is 2.84. The minimum absolute atomic E-state index is 0.165. The second-order valence-corrected chi connectivity index (χ2v) is 4.81. The second kappa shape index (κ2) is 6.23. The van der Waals surface area contributed by atoms with Crippen molar-refractivity contribution in [3.05, 3.63) is 0 Å². The van der Waals surface area contributed by atoms with Gasteiger partial charge in [0.2, 0.25) is 11.8 Å². The first-order chi connectivity index (χ1) is 8.69. The van der Waals surface area contributed by atoms with Gasteiger partial charge in [-0.15, -0.1) is 0 Å². The predicted molar refractivity (Wildman–Crippen MR) is 62.4 cm³/mol.